The molecule has 0 spiro atoms. The molecule has 41 heavy (non-hydrogen) atoms. The SMILES string of the molecule is CC(C)(C)C(=O)Oc1ccc2c(c1)OCC1=C2[C@@H](c2ccc(OCCN3CCCCC3)cc2)Oc2cc(O)ccc21. The van der Waals surface area contributed by atoms with E-state index in [4.69, 9.17) is 18.9 Å². The van der Waals surface area contributed by atoms with Crippen molar-refractivity contribution in [3.63, 3.8) is 0 Å². The van der Waals surface area contributed by atoms with E-state index in [2.05, 4.69) is 4.90 Å². The van der Waals surface area contributed by atoms with E-state index >= 15 is 0 Å². The Labute approximate surface area is 241 Å². The van der Waals surface area contributed by atoms with Gasteiger partial charge in [0.1, 0.15) is 42.0 Å². The van der Waals surface area contributed by atoms with E-state index in [9.17, 15) is 9.90 Å². The van der Waals surface area contributed by atoms with Crippen LogP contribution in [0.2, 0.25) is 0 Å². The van der Waals surface area contributed by atoms with Gasteiger partial charge in [-0.3, -0.25) is 9.69 Å². The fraction of sp³-hybridized carbons (Fsp3) is 0.382. The topological polar surface area (TPSA) is 77.5 Å². The molecule has 0 saturated carbocycles. The first kappa shape index (κ1) is 27.2. The van der Waals surface area contributed by atoms with Gasteiger partial charge in [-0.05, 0) is 88.7 Å². The number of nitrogens with zero attached hydrogens (tertiary/aromatic N) is 1. The van der Waals surface area contributed by atoms with Crippen molar-refractivity contribution in [3.8, 4) is 28.7 Å². The van der Waals surface area contributed by atoms with Crippen LogP contribution in [0.5, 0.6) is 28.7 Å². The van der Waals surface area contributed by atoms with Crippen molar-refractivity contribution < 1.29 is 28.8 Å². The van der Waals surface area contributed by atoms with Crippen LogP contribution >= 0.6 is 0 Å². The molecule has 0 radical (unpaired) electrons. The van der Waals surface area contributed by atoms with Crippen LogP contribution in [-0.4, -0.2) is 48.8 Å². The maximum Gasteiger partial charge on any atom is 0.316 e. The molecule has 0 bridgehead atoms. The summed E-state index contributed by atoms with van der Waals surface area (Å²) >= 11 is 0. The van der Waals surface area contributed by atoms with Gasteiger partial charge in [0, 0.05) is 41.0 Å². The Hall–Kier alpha value is -3.97. The second-order valence-electron chi connectivity index (χ2n) is 12.0. The summed E-state index contributed by atoms with van der Waals surface area (Å²) in [5.41, 5.74) is 4.12. The average molecular weight is 556 g/mol. The zero-order chi connectivity index (χ0) is 28.6. The molecule has 0 aliphatic carbocycles. The molecule has 7 heteroatoms. The predicted octanol–water partition coefficient (Wildman–Crippen LogP) is 6.65. The molecular formula is C34H37NO6. The molecule has 0 amide bonds. The Kier molecular flexibility index (Phi) is 7.39. The van der Waals surface area contributed by atoms with E-state index in [0.29, 0.717) is 30.5 Å². The number of phenols is 1. The molecule has 0 unspecified atom stereocenters. The van der Waals surface area contributed by atoms with Gasteiger partial charge in [0.25, 0.3) is 0 Å². The third-order valence-electron chi connectivity index (χ3n) is 7.87. The minimum Gasteiger partial charge on any atom is -0.508 e. The highest BCUT2D eigenvalue weighted by atomic mass is 16.5. The molecule has 1 fully saturated rings. The number of phenolic OH excluding ortho intramolecular Hbond substituents is 1. The summed E-state index contributed by atoms with van der Waals surface area (Å²) in [6.07, 6.45) is 3.44. The van der Waals surface area contributed by atoms with E-state index in [0.717, 1.165) is 53.2 Å². The van der Waals surface area contributed by atoms with Gasteiger partial charge in [0.15, 0.2) is 6.10 Å². The molecule has 1 atom stereocenters. The molecule has 6 rings (SSSR count). The molecule has 3 aliphatic heterocycles. The molecule has 1 N–H and O–H groups in total. The normalized spacial score (nSPS) is 18.4. The number of hydrogen-bond acceptors (Lipinski definition) is 7. The van der Waals surface area contributed by atoms with E-state index in [-0.39, 0.29) is 11.7 Å². The summed E-state index contributed by atoms with van der Waals surface area (Å²) in [6, 6.07) is 18.7. The van der Waals surface area contributed by atoms with Crippen molar-refractivity contribution in [2.24, 2.45) is 5.41 Å². The molecule has 3 aliphatic rings. The molecule has 3 heterocycles. The van der Waals surface area contributed by atoms with Gasteiger partial charge in [-0.25, -0.2) is 0 Å². The molecular weight excluding hydrogens is 518 g/mol. The molecule has 1 saturated heterocycles. The number of fused-ring (bicyclic) bond motifs is 4. The highest BCUT2D eigenvalue weighted by molar-refractivity contribution is 5.99. The van der Waals surface area contributed by atoms with Crippen molar-refractivity contribution in [1.29, 1.82) is 0 Å². The summed E-state index contributed by atoms with van der Waals surface area (Å²) in [5.74, 6) is 2.35. The van der Waals surface area contributed by atoms with Gasteiger partial charge in [0.2, 0.25) is 0 Å². The number of aromatic hydroxyl groups is 1. The van der Waals surface area contributed by atoms with Gasteiger partial charge in [-0.2, -0.15) is 0 Å². The average Bonchev–Trinajstić information content (AvgIpc) is 2.96. The van der Waals surface area contributed by atoms with Gasteiger partial charge in [-0.1, -0.05) is 18.6 Å². The van der Waals surface area contributed by atoms with Crippen LogP contribution in [0.25, 0.3) is 11.1 Å². The van der Waals surface area contributed by atoms with Crippen LogP contribution in [0.3, 0.4) is 0 Å². The first-order valence-corrected chi connectivity index (χ1v) is 14.4. The number of carbonyl (C=O) groups excluding carboxylic acids is 1. The fourth-order valence-corrected chi connectivity index (χ4v) is 5.57. The Balaban J connectivity index is 1.28. The highest BCUT2D eigenvalue weighted by Crippen LogP contribution is 2.52. The van der Waals surface area contributed by atoms with Crippen molar-refractivity contribution in [2.75, 3.05) is 32.8 Å². The van der Waals surface area contributed by atoms with Crippen LogP contribution in [0.1, 0.15) is 62.8 Å². The third kappa shape index (κ3) is 5.77. The highest BCUT2D eigenvalue weighted by Gasteiger charge is 2.36. The van der Waals surface area contributed by atoms with Gasteiger partial charge < -0.3 is 24.1 Å². The number of hydrogen-bond donors (Lipinski definition) is 1. The minimum atomic E-state index is -0.618. The summed E-state index contributed by atoms with van der Waals surface area (Å²) < 4.78 is 24.5. The predicted molar refractivity (Wildman–Crippen MR) is 158 cm³/mol. The lowest BCUT2D eigenvalue weighted by atomic mass is 9.84. The quantitative estimate of drug-likeness (QED) is 0.270. The van der Waals surface area contributed by atoms with Crippen molar-refractivity contribution in [2.45, 2.75) is 46.1 Å². The van der Waals surface area contributed by atoms with Gasteiger partial charge in [0.05, 0.1) is 5.41 Å². The first-order chi connectivity index (χ1) is 19.8. The summed E-state index contributed by atoms with van der Waals surface area (Å²) in [6.45, 7) is 9.71. The number of rotatable bonds is 6. The zero-order valence-corrected chi connectivity index (χ0v) is 23.9. The minimum absolute atomic E-state index is 0.145. The van der Waals surface area contributed by atoms with Crippen LogP contribution in [0.4, 0.5) is 0 Å². The van der Waals surface area contributed by atoms with E-state index < -0.39 is 11.5 Å². The molecule has 3 aromatic carbocycles. The number of likely N-dealkylation sites (tertiary alicyclic amines) is 1. The lowest BCUT2D eigenvalue weighted by Crippen LogP contribution is -2.33. The maximum absolute atomic E-state index is 12.5. The maximum atomic E-state index is 12.5. The Morgan fingerprint density at radius 2 is 1.66 bits per heavy atom. The Morgan fingerprint density at radius 3 is 2.41 bits per heavy atom. The van der Waals surface area contributed by atoms with E-state index in [1.165, 1.54) is 19.3 Å². The lowest BCUT2D eigenvalue weighted by molar-refractivity contribution is -0.143. The number of carbonyl (C=O) groups is 1. The molecule has 3 aromatic rings. The number of esters is 1. The summed E-state index contributed by atoms with van der Waals surface area (Å²) in [4.78, 5) is 14.9. The molecule has 0 aromatic heterocycles. The second-order valence-corrected chi connectivity index (χ2v) is 12.0. The standard InChI is InChI=1S/C34H37NO6/c1-34(2,3)33(37)40-25-12-14-27-29(20-25)39-21-28-26-13-9-23(36)19-30(26)41-32(31(27)28)22-7-10-24(11-8-22)38-18-17-35-15-5-4-6-16-35/h7-14,19-20,32,36H,4-6,15-18,21H2,1-3H3/t32-/m1/s1. The summed E-state index contributed by atoms with van der Waals surface area (Å²) in [5, 5.41) is 10.2. The fourth-order valence-electron chi connectivity index (χ4n) is 5.57. The zero-order valence-electron chi connectivity index (χ0n) is 23.9. The van der Waals surface area contributed by atoms with Crippen molar-refractivity contribution in [3.05, 3.63) is 77.4 Å². The number of ether oxygens (including phenoxy) is 4. The second kappa shape index (κ2) is 11.1. The van der Waals surface area contributed by atoms with Gasteiger partial charge in [-0.15, -0.1) is 0 Å². The van der Waals surface area contributed by atoms with Crippen LogP contribution in [0, 0.1) is 5.41 Å². The smallest absolute Gasteiger partial charge is 0.316 e. The van der Waals surface area contributed by atoms with Crippen molar-refractivity contribution >= 4 is 17.1 Å². The van der Waals surface area contributed by atoms with Crippen LogP contribution < -0.4 is 18.9 Å². The monoisotopic (exact) mass is 555 g/mol. The lowest BCUT2D eigenvalue weighted by Gasteiger charge is -2.35. The number of piperidine rings is 1. The largest absolute Gasteiger partial charge is 0.508 e. The van der Waals surface area contributed by atoms with Crippen LogP contribution in [-0.2, 0) is 4.79 Å². The Bertz CT molecular complexity index is 1460. The van der Waals surface area contributed by atoms with Gasteiger partial charge >= 0.3 is 5.97 Å². The van der Waals surface area contributed by atoms with Crippen molar-refractivity contribution in [1.82, 2.24) is 4.90 Å². The third-order valence-corrected chi connectivity index (χ3v) is 7.87. The summed E-state index contributed by atoms with van der Waals surface area (Å²) in [7, 11) is 0. The molecule has 7 nitrogen and oxygen atoms in total. The first-order valence-electron chi connectivity index (χ1n) is 14.4. The Morgan fingerprint density at radius 1 is 0.927 bits per heavy atom. The van der Waals surface area contributed by atoms with E-state index in [1.807, 2.05) is 57.2 Å². The molecule has 214 valence electrons. The van der Waals surface area contributed by atoms with E-state index in [1.54, 1.807) is 24.3 Å². The van der Waals surface area contributed by atoms with Crippen LogP contribution in [0.15, 0.2) is 60.7 Å². The number of benzene rings is 3.